The Labute approximate surface area is 194 Å². The third-order valence-corrected chi connectivity index (χ3v) is 7.13. The van der Waals surface area contributed by atoms with Gasteiger partial charge in [-0.1, -0.05) is 30.3 Å². The van der Waals surface area contributed by atoms with Crippen molar-refractivity contribution in [3.63, 3.8) is 0 Å². The summed E-state index contributed by atoms with van der Waals surface area (Å²) in [6.45, 7) is 3.48. The normalized spacial score (nSPS) is 11.0. The number of aryl methyl sites for hydroxylation is 1. The smallest absolute Gasteiger partial charge is 0.264 e. The molecular weight excluding hydrogens is 440 g/mol. The number of carbonyl (C=O) groups is 2. The molecule has 0 heterocycles. The number of carbonyl (C=O) groups excluding carboxylic acids is 2. The lowest BCUT2D eigenvalue weighted by Crippen LogP contribution is -2.41. The fourth-order valence-electron chi connectivity index (χ4n) is 3.34. The van der Waals surface area contributed by atoms with Crippen LogP contribution in [-0.4, -0.2) is 34.3 Å². The molecule has 0 fully saturated rings. The molecule has 0 saturated carbocycles. The summed E-state index contributed by atoms with van der Waals surface area (Å²) in [5, 5.41) is 2.75. The van der Waals surface area contributed by atoms with Crippen molar-refractivity contribution in [1.82, 2.24) is 5.32 Å². The molecule has 0 atom stereocenters. The number of methoxy groups -OCH3 is 1. The SMILES string of the molecule is COc1ccc(S(=O)(=O)N(CC(=O)NCc2cccc(C=O)c2)c2cccc(C)c2C)cc1. The number of nitrogens with zero attached hydrogens (tertiary/aromatic N) is 1. The zero-order valence-corrected chi connectivity index (χ0v) is 19.6. The van der Waals surface area contributed by atoms with Crippen molar-refractivity contribution in [1.29, 1.82) is 0 Å². The molecule has 3 aromatic rings. The van der Waals surface area contributed by atoms with Gasteiger partial charge in [0.1, 0.15) is 18.6 Å². The van der Waals surface area contributed by atoms with E-state index in [1.165, 1.54) is 19.2 Å². The fourth-order valence-corrected chi connectivity index (χ4v) is 4.82. The summed E-state index contributed by atoms with van der Waals surface area (Å²) in [5.74, 6) is 0.0621. The van der Waals surface area contributed by atoms with Crippen molar-refractivity contribution in [3.05, 3.63) is 89.0 Å². The van der Waals surface area contributed by atoms with Crippen LogP contribution in [0.1, 0.15) is 27.0 Å². The van der Waals surface area contributed by atoms with Gasteiger partial charge < -0.3 is 10.1 Å². The van der Waals surface area contributed by atoms with Gasteiger partial charge in [-0.2, -0.15) is 0 Å². The van der Waals surface area contributed by atoms with Gasteiger partial charge in [-0.25, -0.2) is 8.42 Å². The minimum Gasteiger partial charge on any atom is -0.497 e. The second-order valence-electron chi connectivity index (χ2n) is 7.55. The highest BCUT2D eigenvalue weighted by atomic mass is 32.2. The van der Waals surface area contributed by atoms with Gasteiger partial charge >= 0.3 is 0 Å². The Hall–Kier alpha value is -3.65. The number of rotatable bonds is 9. The van der Waals surface area contributed by atoms with Crippen molar-refractivity contribution >= 4 is 27.9 Å². The number of hydrogen-bond donors (Lipinski definition) is 1. The van der Waals surface area contributed by atoms with Gasteiger partial charge in [0.15, 0.2) is 0 Å². The Bertz CT molecular complexity index is 1250. The van der Waals surface area contributed by atoms with Crippen LogP contribution in [0.15, 0.2) is 71.6 Å². The van der Waals surface area contributed by atoms with Gasteiger partial charge in [-0.3, -0.25) is 13.9 Å². The van der Waals surface area contributed by atoms with Crippen molar-refractivity contribution in [2.75, 3.05) is 18.0 Å². The molecule has 172 valence electrons. The number of hydrogen-bond acceptors (Lipinski definition) is 5. The molecule has 3 aromatic carbocycles. The van der Waals surface area contributed by atoms with Crippen molar-refractivity contribution in [3.8, 4) is 5.75 Å². The first kappa shape index (κ1) is 24.0. The van der Waals surface area contributed by atoms with E-state index in [9.17, 15) is 18.0 Å². The Balaban J connectivity index is 1.90. The number of ether oxygens (including phenoxy) is 1. The molecule has 0 aliphatic carbocycles. The van der Waals surface area contributed by atoms with E-state index in [-0.39, 0.29) is 11.4 Å². The number of amides is 1. The first-order valence-electron chi connectivity index (χ1n) is 10.3. The molecule has 8 heteroatoms. The van der Waals surface area contributed by atoms with Crippen LogP contribution >= 0.6 is 0 Å². The molecule has 0 aliphatic rings. The first-order valence-corrected chi connectivity index (χ1v) is 11.7. The number of anilines is 1. The molecule has 0 saturated heterocycles. The standard InChI is InChI=1S/C25H26N2O5S/c1-18-6-4-9-24(19(18)2)27(33(30,31)23-12-10-22(32-3)11-13-23)16-25(29)26-15-20-7-5-8-21(14-20)17-28/h4-14,17H,15-16H2,1-3H3,(H,26,29). The monoisotopic (exact) mass is 466 g/mol. The minimum atomic E-state index is -4.04. The van der Waals surface area contributed by atoms with E-state index in [1.807, 2.05) is 19.9 Å². The second-order valence-corrected chi connectivity index (χ2v) is 9.41. The third kappa shape index (κ3) is 5.59. The van der Waals surface area contributed by atoms with Crippen LogP contribution < -0.4 is 14.4 Å². The summed E-state index contributed by atoms with van der Waals surface area (Å²) in [7, 11) is -2.54. The molecule has 7 nitrogen and oxygen atoms in total. The molecule has 0 spiro atoms. The molecule has 1 N–H and O–H groups in total. The number of aldehydes is 1. The highest BCUT2D eigenvalue weighted by molar-refractivity contribution is 7.92. The number of nitrogens with one attached hydrogen (secondary N) is 1. The van der Waals surface area contributed by atoms with Gasteiger partial charge in [0, 0.05) is 12.1 Å². The maximum atomic E-state index is 13.6. The second kappa shape index (κ2) is 10.3. The highest BCUT2D eigenvalue weighted by Gasteiger charge is 2.28. The molecule has 0 bridgehead atoms. The molecule has 33 heavy (non-hydrogen) atoms. The molecule has 1 amide bonds. The Morgan fingerprint density at radius 3 is 2.39 bits per heavy atom. The van der Waals surface area contributed by atoms with Crippen LogP contribution in [0.4, 0.5) is 5.69 Å². The zero-order valence-electron chi connectivity index (χ0n) is 18.7. The third-order valence-electron chi connectivity index (χ3n) is 5.36. The van der Waals surface area contributed by atoms with E-state index in [2.05, 4.69) is 5.32 Å². The summed E-state index contributed by atoms with van der Waals surface area (Å²) in [5.41, 5.74) is 3.35. The van der Waals surface area contributed by atoms with E-state index in [0.29, 0.717) is 17.0 Å². The molecule has 0 radical (unpaired) electrons. The predicted molar refractivity (Wildman–Crippen MR) is 127 cm³/mol. The molecule has 0 unspecified atom stereocenters. The molecule has 3 rings (SSSR count). The minimum absolute atomic E-state index is 0.0516. The largest absolute Gasteiger partial charge is 0.497 e. The lowest BCUT2D eigenvalue weighted by molar-refractivity contribution is -0.119. The van der Waals surface area contributed by atoms with Crippen LogP contribution in [0.3, 0.4) is 0 Å². The van der Waals surface area contributed by atoms with Crippen molar-refractivity contribution in [2.24, 2.45) is 0 Å². The summed E-state index contributed by atoms with van der Waals surface area (Å²) in [6, 6.07) is 18.2. The maximum Gasteiger partial charge on any atom is 0.264 e. The number of benzene rings is 3. The van der Waals surface area contributed by atoms with E-state index in [4.69, 9.17) is 4.74 Å². The van der Waals surface area contributed by atoms with E-state index < -0.39 is 22.5 Å². The van der Waals surface area contributed by atoms with Crippen LogP contribution in [0.25, 0.3) is 0 Å². The molecule has 0 aromatic heterocycles. The van der Waals surface area contributed by atoms with Gasteiger partial charge in [0.05, 0.1) is 17.7 Å². The Morgan fingerprint density at radius 2 is 1.73 bits per heavy atom. The van der Waals surface area contributed by atoms with Crippen LogP contribution in [-0.2, 0) is 21.4 Å². The van der Waals surface area contributed by atoms with Gasteiger partial charge in [0.2, 0.25) is 5.91 Å². The number of sulfonamides is 1. The van der Waals surface area contributed by atoms with Gasteiger partial charge in [0.25, 0.3) is 10.0 Å². The average Bonchev–Trinajstić information content (AvgIpc) is 2.83. The summed E-state index contributed by atoms with van der Waals surface area (Å²) in [6.07, 6.45) is 0.731. The first-order chi connectivity index (χ1) is 15.8. The topological polar surface area (TPSA) is 92.8 Å². The molecular formula is C25H26N2O5S. The van der Waals surface area contributed by atoms with Gasteiger partial charge in [-0.05, 0) is 66.9 Å². The maximum absolute atomic E-state index is 13.6. The quantitative estimate of drug-likeness (QED) is 0.486. The predicted octanol–water partition coefficient (Wildman–Crippen LogP) is 3.64. The summed E-state index contributed by atoms with van der Waals surface area (Å²) >= 11 is 0. The van der Waals surface area contributed by atoms with E-state index in [1.54, 1.807) is 48.5 Å². The lowest BCUT2D eigenvalue weighted by Gasteiger charge is -2.26. The van der Waals surface area contributed by atoms with Crippen LogP contribution in [0, 0.1) is 13.8 Å². The van der Waals surface area contributed by atoms with E-state index >= 15 is 0 Å². The van der Waals surface area contributed by atoms with Crippen molar-refractivity contribution < 1.29 is 22.7 Å². The van der Waals surface area contributed by atoms with Crippen LogP contribution in [0.5, 0.6) is 5.75 Å². The Morgan fingerprint density at radius 1 is 1.03 bits per heavy atom. The fraction of sp³-hybridized carbons (Fsp3) is 0.200. The molecule has 0 aliphatic heterocycles. The van der Waals surface area contributed by atoms with Gasteiger partial charge in [-0.15, -0.1) is 0 Å². The lowest BCUT2D eigenvalue weighted by atomic mass is 10.1. The zero-order chi connectivity index (χ0) is 24.0. The highest BCUT2D eigenvalue weighted by Crippen LogP contribution is 2.29. The summed E-state index contributed by atoms with van der Waals surface area (Å²) < 4.78 is 33.4. The average molecular weight is 467 g/mol. The van der Waals surface area contributed by atoms with Crippen LogP contribution in [0.2, 0.25) is 0 Å². The summed E-state index contributed by atoms with van der Waals surface area (Å²) in [4.78, 5) is 23.8. The Kier molecular flexibility index (Phi) is 7.50. The van der Waals surface area contributed by atoms with E-state index in [0.717, 1.165) is 27.3 Å². The van der Waals surface area contributed by atoms with Crippen molar-refractivity contribution in [2.45, 2.75) is 25.3 Å².